The van der Waals surface area contributed by atoms with Gasteiger partial charge in [-0.1, -0.05) is 97.9 Å². The van der Waals surface area contributed by atoms with Crippen molar-refractivity contribution in [2.45, 2.75) is 58.9 Å². The van der Waals surface area contributed by atoms with E-state index < -0.39 is 6.04 Å². The SMILES string of the molecule is CCOC(=O)[C@@H](CCc1ccccc1)N=C(C)C(CC(=O)[C@H](C)Cc1ccccc1)Cc1ccccc1. The third-order valence-corrected chi connectivity index (χ3v) is 6.77. The van der Waals surface area contributed by atoms with Gasteiger partial charge in [-0.15, -0.1) is 0 Å². The van der Waals surface area contributed by atoms with Crippen LogP contribution in [0.25, 0.3) is 0 Å². The van der Waals surface area contributed by atoms with Crippen LogP contribution in [-0.2, 0) is 33.6 Å². The minimum absolute atomic E-state index is 0.0817. The van der Waals surface area contributed by atoms with Gasteiger partial charge in [-0.3, -0.25) is 9.79 Å². The van der Waals surface area contributed by atoms with Gasteiger partial charge in [0.15, 0.2) is 0 Å². The van der Waals surface area contributed by atoms with E-state index in [0.717, 1.165) is 35.2 Å². The second-order valence-corrected chi connectivity index (χ2v) is 9.71. The van der Waals surface area contributed by atoms with Crippen LogP contribution >= 0.6 is 0 Å². The minimum Gasteiger partial charge on any atom is -0.464 e. The Morgan fingerprint density at radius 1 is 0.784 bits per heavy atom. The molecule has 0 radical (unpaired) electrons. The molecule has 0 saturated carbocycles. The van der Waals surface area contributed by atoms with Gasteiger partial charge in [-0.05, 0) is 56.2 Å². The number of carbonyl (C=O) groups excluding carboxylic acids is 2. The number of rotatable bonds is 14. The molecule has 37 heavy (non-hydrogen) atoms. The zero-order valence-corrected chi connectivity index (χ0v) is 22.3. The lowest BCUT2D eigenvalue weighted by Gasteiger charge is -2.21. The fraction of sp³-hybridized carbons (Fsp3) is 0.364. The van der Waals surface area contributed by atoms with Gasteiger partial charge < -0.3 is 4.74 Å². The summed E-state index contributed by atoms with van der Waals surface area (Å²) < 4.78 is 5.36. The average Bonchev–Trinajstić information content (AvgIpc) is 2.92. The third-order valence-electron chi connectivity index (χ3n) is 6.77. The van der Waals surface area contributed by atoms with Gasteiger partial charge in [0.2, 0.25) is 0 Å². The molecule has 0 saturated heterocycles. The Kier molecular flexibility index (Phi) is 11.3. The highest BCUT2D eigenvalue weighted by Gasteiger charge is 2.25. The van der Waals surface area contributed by atoms with Crippen molar-refractivity contribution in [1.29, 1.82) is 0 Å². The van der Waals surface area contributed by atoms with Crippen molar-refractivity contribution in [3.8, 4) is 0 Å². The van der Waals surface area contributed by atoms with E-state index in [-0.39, 0.29) is 23.6 Å². The highest BCUT2D eigenvalue weighted by atomic mass is 16.5. The van der Waals surface area contributed by atoms with E-state index >= 15 is 0 Å². The first kappa shape index (κ1) is 28.0. The van der Waals surface area contributed by atoms with Gasteiger partial charge in [0.1, 0.15) is 11.8 Å². The Balaban J connectivity index is 1.79. The van der Waals surface area contributed by atoms with Crippen molar-refractivity contribution in [2.75, 3.05) is 6.61 Å². The fourth-order valence-corrected chi connectivity index (χ4v) is 4.56. The zero-order valence-electron chi connectivity index (χ0n) is 22.3. The van der Waals surface area contributed by atoms with Crippen LogP contribution in [0.5, 0.6) is 0 Å². The standard InChI is InChI=1S/C33H39NO3/c1-4-37-33(36)31(21-20-27-14-8-5-9-15-27)34-26(3)30(23-29-18-12-7-13-19-29)24-32(35)25(2)22-28-16-10-6-11-17-28/h5-19,25,30-31H,4,20-24H2,1-3H3/t25-,30?,31-/m1/s1. The number of nitrogens with zero attached hydrogens (tertiary/aromatic N) is 1. The number of esters is 1. The number of aryl methyl sites for hydroxylation is 1. The molecule has 0 spiro atoms. The molecule has 0 N–H and O–H groups in total. The van der Waals surface area contributed by atoms with Gasteiger partial charge in [0.25, 0.3) is 0 Å². The predicted molar refractivity (Wildman–Crippen MR) is 151 cm³/mol. The van der Waals surface area contributed by atoms with Crippen molar-refractivity contribution in [3.63, 3.8) is 0 Å². The van der Waals surface area contributed by atoms with Gasteiger partial charge in [0.05, 0.1) is 6.61 Å². The smallest absolute Gasteiger partial charge is 0.330 e. The molecule has 0 aliphatic heterocycles. The Morgan fingerprint density at radius 3 is 1.84 bits per heavy atom. The summed E-state index contributed by atoms with van der Waals surface area (Å²) in [5.74, 6) is -0.259. The fourth-order valence-electron chi connectivity index (χ4n) is 4.56. The molecule has 0 aliphatic rings. The van der Waals surface area contributed by atoms with E-state index in [4.69, 9.17) is 9.73 Å². The summed E-state index contributed by atoms with van der Waals surface area (Å²) in [7, 11) is 0. The Labute approximate surface area is 221 Å². The van der Waals surface area contributed by atoms with Crippen LogP contribution in [0, 0.1) is 11.8 Å². The molecule has 4 nitrogen and oxygen atoms in total. The summed E-state index contributed by atoms with van der Waals surface area (Å²) >= 11 is 0. The Morgan fingerprint density at radius 2 is 1.30 bits per heavy atom. The summed E-state index contributed by atoms with van der Waals surface area (Å²) in [6.07, 6.45) is 3.12. The summed E-state index contributed by atoms with van der Waals surface area (Å²) in [5, 5.41) is 0. The molecule has 194 valence electrons. The molecule has 0 aromatic heterocycles. The molecule has 0 aliphatic carbocycles. The zero-order chi connectivity index (χ0) is 26.5. The molecule has 0 heterocycles. The van der Waals surface area contributed by atoms with Crippen molar-refractivity contribution < 1.29 is 14.3 Å². The molecule has 1 unspecified atom stereocenters. The number of benzene rings is 3. The van der Waals surface area contributed by atoms with Crippen molar-refractivity contribution >= 4 is 17.5 Å². The van der Waals surface area contributed by atoms with Crippen LogP contribution < -0.4 is 0 Å². The maximum Gasteiger partial charge on any atom is 0.330 e. The molecule has 3 atom stereocenters. The number of hydrogen-bond acceptors (Lipinski definition) is 4. The van der Waals surface area contributed by atoms with Crippen molar-refractivity contribution in [1.82, 2.24) is 0 Å². The van der Waals surface area contributed by atoms with E-state index in [1.807, 2.05) is 75.4 Å². The lowest BCUT2D eigenvalue weighted by molar-refractivity contribution is -0.144. The van der Waals surface area contributed by atoms with E-state index in [1.165, 1.54) is 0 Å². The molecule has 0 bridgehead atoms. The van der Waals surface area contributed by atoms with Crippen LogP contribution in [0.15, 0.2) is 96.0 Å². The number of hydrogen-bond donors (Lipinski definition) is 0. The first-order valence-corrected chi connectivity index (χ1v) is 13.3. The van der Waals surface area contributed by atoms with Crippen LogP contribution in [0.3, 0.4) is 0 Å². The lowest BCUT2D eigenvalue weighted by atomic mass is 9.85. The van der Waals surface area contributed by atoms with Crippen molar-refractivity contribution in [2.24, 2.45) is 16.8 Å². The number of Topliss-reactive ketones (excluding diaryl/α,β-unsaturated/α-hetero) is 1. The molecule has 3 aromatic carbocycles. The number of ether oxygens (including phenoxy) is 1. The highest BCUT2D eigenvalue weighted by molar-refractivity contribution is 5.92. The normalized spacial score (nSPS) is 14.0. The maximum absolute atomic E-state index is 13.3. The Bertz CT molecular complexity index is 1130. The van der Waals surface area contributed by atoms with E-state index in [0.29, 0.717) is 25.9 Å². The van der Waals surface area contributed by atoms with Gasteiger partial charge in [-0.25, -0.2) is 4.79 Å². The van der Waals surface area contributed by atoms with E-state index in [1.54, 1.807) is 0 Å². The highest BCUT2D eigenvalue weighted by Crippen LogP contribution is 2.21. The first-order valence-electron chi connectivity index (χ1n) is 13.3. The summed E-state index contributed by atoms with van der Waals surface area (Å²) in [5.41, 5.74) is 4.31. The molecule has 3 aromatic rings. The topological polar surface area (TPSA) is 55.7 Å². The van der Waals surface area contributed by atoms with E-state index in [9.17, 15) is 9.59 Å². The number of carbonyl (C=O) groups is 2. The largest absolute Gasteiger partial charge is 0.464 e. The molecule has 0 amide bonds. The summed E-state index contributed by atoms with van der Waals surface area (Å²) in [4.78, 5) is 31.0. The van der Waals surface area contributed by atoms with Crippen LogP contribution in [-0.4, -0.2) is 30.1 Å². The minimum atomic E-state index is -0.588. The summed E-state index contributed by atoms with van der Waals surface area (Å²) in [6.45, 7) is 6.09. The predicted octanol–water partition coefficient (Wildman–Crippen LogP) is 6.71. The molecule has 4 heteroatoms. The van der Waals surface area contributed by atoms with Gasteiger partial charge >= 0.3 is 5.97 Å². The van der Waals surface area contributed by atoms with Crippen LogP contribution in [0.1, 0.15) is 50.3 Å². The van der Waals surface area contributed by atoms with Gasteiger partial charge in [0, 0.05) is 24.0 Å². The maximum atomic E-state index is 13.3. The second-order valence-electron chi connectivity index (χ2n) is 9.71. The summed E-state index contributed by atoms with van der Waals surface area (Å²) in [6, 6.07) is 29.8. The van der Waals surface area contributed by atoms with Crippen LogP contribution in [0.4, 0.5) is 0 Å². The third kappa shape index (κ3) is 9.45. The monoisotopic (exact) mass is 497 g/mol. The van der Waals surface area contributed by atoms with Crippen molar-refractivity contribution in [3.05, 3.63) is 108 Å². The Hall–Kier alpha value is -3.53. The lowest BCUT2D eigenvalue weighted by Crippen LogP contribution is -2.28. The number of aliphatic imine (C=N–C) groups is 1. The average molecular weight is 498 g/mol. The molecule has 3 rings (SSSR count). The molecular weight excluding hydrogens is 458 g/mol. The first-order chi connectivity index (χ1) is 18.0. The molecular formula is C33H39NO3. The second kappa shape index (κ2) is 14.9. The number of ketones is 1. The van der Waals surface area contributed by atoms with Crippen LogP contribution in [0.2, 0.25) is 0 Å². The van der Waals surface area contributed by atoms with E-state index in [2.05, 4.69) is 36.4 Å². The molecule has 0 fully saturated rings. The quantitative estimate of drug-likeness (QED) is 0.184. The van der Waals surface area contributed by atoms with Gasteiger partial charge in [-0.2, -0.15) is 0 Å².